The van der Waals surface area contributed by atoms with Gasteiger partial charge in [0.05, 0.1) is 0 Å². The van der Waals surface area contributed by atoms with Gasteiger partial charge in [-0.2, -0.15) is 0 Å². The number of hydrogen-bond donors (Lipinski definition) is 1. The molecule has 0 aliphatic carbocycles. The molecule has 0 aliphatic rings. The van der Waals surface area contributed by atoms with Crippen molar-refractivity contribution >= 4 is 11.3 Å². The Morgan fingerprint density at radius 1 is 1.11 bits per heavy atom. The first-order chi connectivity index (χ1) is 9.11. The molecule has 0 spiro atoms. The average Bonchev–Trinajstić information content (AvgIpc) is 2.83. The largest absolute Gasteiger partial charge is 0.312 e. The van der Waals surface area contributed by atoms with E-state index in [1.165, 1.54) is 33.6 Å². The first-order valence-electron chi connectivity index (χ1n) is 6.85. The van der Waals surface area contributed by atoms with E-state index in [9.17, 15) is 0 Å². The van der Waals surface area contributed by atoms with Crippen molar-refractivity contribution in [1.82, 2.24) is 10.3 Å². The maximum Gasteiger partial charge on any atom is 0.123 e. The van der Waals surface area contributed by atoms with Gasteiger partial charge in [0.1, 0.15) is 5.01 Å². The van der Waals surface area contributed by atoms with Crippen LogP contribution >= 0.6 is 11.3 Å². The van der Waals surface area contributed by atoms with E-state index in [0.29, 0.717) is 0 Å². The van der Waals surface area contributed by atoms with E-state index in [0.717, 1.165) is 18.1 Å². The zero-order chi connectivity index (χ0) is 13.8. The van der Waals surface area contributed by atoms with Crippen LogP contribution in [0.3, 0.4) is 0 Å². The SMILES string of the molecule is CCCNCc1cnc(-c2cc(C)c(C)cc2C)s1. The van der Waals surface area contributed by atoms with Gasteiger partial charge in [-0.3, -0.25) is 0 Å². The molecule has 2 aromatic rings. The van der Waals surface area contributed by atoms with Gasteiger partial charge >= 0.3 is 0 Å². The molecule has 3 heteroatoms. The van der Waals surface area contributed by atoms with E-state index in [1.54, 1.807) is 11.3 Å². The number of rotatable bonds is 5. The van der Waals surface area contributed by atoms with Gasteiger partial charge in [-0.25, -0.2) is 4.98 Å². The second kappa shape index (κ2) is 6.31. The van der Waals surface area contributed by atoms with Gasteiger partial charge in [-0.1, -0.05) is 13.0 Å². The Hall–Kier alpha value is -1.19. The molecule has 1 heterocycles. The molecule has 0 saturated carbocycles. The maximum atomic E-state index is 4.58. The van der Waals surface area contributed by atoms with Crippen LogP contribution in [0.15, 0.2) is 18.3 Å². The van der Waals surface area contributed by atoms with Crippen LogP contribution in [-0.2, 0) is 6.54 Å². The fraction of sp³-hybridized carbons (Fsp3) is 0.438. The van der Waals surface area contributed by atoms with Crippen molar-refractivity contribution in [3.63, 3.8) is 0 Å². The number of thiazole rings is 1. The van der Waals surface area contributed by atoms with E-state index >= 15 is 0 Å². The molecule has 2 nitrogen and oxygen atoms in total. The summed E-state index contributed by atoms with van der Waals surface area (Å²) in [5.41, 5.74) is 5.27. The third-order valence-electron chi connectivity index (χ3n) is 3.35. The third kappa shape index (κ3) is 3.43. The van der Waals surface area contributed by atoms with E-state index in [-0.39, 0.29) is 0 Å². The number of nitrogens with one attached hydrogen (secondary N) is 1. The average molecular weight is 274 g/mol. The van der Waals surface area contributed by atoms with E-state index in [4.69, 9.17) is 0 Å². The van der Waals surface area contributed by atoms with Crippen molar-refractivity contribution in [3.05, 3.63) is 39.9 Å². The van der Waals surface area contributed by atoms with Gasteiger partial charge in [0.2, 0.25) is 0 Å². The highest BCUT2D eigenvalue weighted by atomic mass is 32.1. The fourth-order valence-corrected chi connectivity index (χ4v) is 3.06. The lowest BCUT2D eigenvalue weighted by Crippen LogP contribution is -2.12. The quantitative estimate of drug-likeness (QED) is 0.825. The summed E-state index contributed by atoms with van der Waals surface area (Å²) in [6, 6.07) is 4.51. The molecule has 0 bridgehead atoms. The lowest BCUT2D eigenvalue weighted by atomic mass is 10.0. The Morgan fingerprint density at radius 2 is 1.84 bits per heavy atom. The van der Waals surface area contributed by atoms with Crippen LogP contribution in [0.25, 0.3) is 10.6 Å². The van der Waals surface area contributed by atoms with Crippen LogP contribution < -0.4 is 5.32 Å². The Kier molecular flexibility index (Phi) is 4.72. The maximum absolute atomic E-state index is 4.58. The monoisotopic (exact) mass is 274 g/mol. The zero-order valence-electron chi connectivity index (χ0n) is 12.2. The van der Waals surface area contributed by atoms with Gasteiger partial charge in [0.25, 0.3) is 0 Å². The summed E-state index contributed by atoms with van der Waals surface area (Å²) in [4.78, 5) is 5.88. The Balaban J connectivity index is 2.20. The summed E-state index contributed by atoms with van der Waals surface area (Å²) in [5, 5.41) is 4.55. The van der Waals surface area contributed by atoms with Crippen LogP contribution in [0, 0.1) is 20.8 Å². The van der Waals surface area contributed by atoms with Crippen molar-refractivity contribution in [1.29, 1.82) is 0 Å². The summed E-state index contributed by atoms with van der Waals surface area (Å²) < 4.78 is 0. The second-order valence-electron chi connectivity index (χ2n) is 5.06. The molecular formula is C16H22N2S. The molecule has 2 rings (SSSR count). The highest BCUT2D eigenvalue weighted by Crippen LogP contribution is 2.29. The summed E-state index contributed by atoms with van der Waals surface area (Å²) in [5.74, 6) is 0. The Morgan fingerprint density at radius 3 is 2.58 bits per heavy atom. The molecule has 1 aromatic carbocycles. The van der Waals surface area contributed by atoms with Crippen LogP contribution in [0.5, 0.6) is 0 Å². The van der Waals surface area contributed by atoms with Gasteiger partial charge in [-0.15, -0.1) is 11.3 Å². The van der Waals surface area contributed by atoms with Crippen LogP contribution in [0.2, 0.25) is 0 Å². The van der Waals surface area contributed by atoms with Gasteiger partial charge < -0.3 is 5.32 Å². The molecule has 0 aliphatic heterocycles. The highest BCUT2D eigenvalue weighted by Gasteiger charge is 2.09. The molecule has 0 amide bonds. The number of hydrogen-bond acceptors (Lipinski definition) is 3. The summed E-state index contributed by atoms with van der Waals surface area (Å²) in [6.45, 7) is 10.7. The molecule has 0 saturated heterocycles. The molecule has 0 radical (unpaired) electrons. The molecule has 0 unspecified atom stereocenters. The molecule has 0 atom stereocenters. The first-order valence-corrected chi connectivity index (χ1v) is 7.67. The van der Waals surface area contributed by atoms with Gasteiger partial charge in [0, 0.05) is 23.2 Å². The topological polar surface area (TPSA) is 24.9 Å². The van der Waals surface area contributed by atoms with Crippen molar-refractivity contribution in [3.8, 4) is 10.6 Å². The van der Waals surface area contributed by atoms with Crippen LogP contribution in [0.1, 0.15) is 34.9 Å². The molecular weight excluding hydrogens is 252 g/mol. The molecule has 0 fully saturated rings. The Bertz CT molecular complexity index is 558. The van der Waals surface area contributed by atoms with Crippen molar-refractivity contribution in [2.75, 3.05) is 6.54 Å². The first kappa shape index (κ1) is 14.2. The number of aromatic nitrogens is 1. The number of benzene rings is 1. The lowest BCUT2D eigenvalue weighted by Gasteiger charge is -2.07. The molecule has 102 valence electrons. The fourth-order valence-electron chi connectivity index (χ4n) is 2.09. The van der Waals surface area contributed by atoms with E-state index in [2.05, 4.69) is 50.1 Å². The Labute approximate surface area is 119 Å². The van der Waals surface area contributed by atoms with E-state index in [1.807, 2.05) is 6.20 Å². The third-order valence-corrected chi connectivity index (χ3v) is 4.38. The molecule has 1 N–H and O–H groups in total. The van der Waals surface area contributed by atoms with Crippen molar-refractivity contribution in [2.24, 2.45) is 0 Å². The number of aryl methyl sites for hydroxylation is 3. The predicted octanol–water partition coefficient (Wildman–Crippen LogP) is 4.23. The standard InChI is InChI=1S/C16H22N2S/c1-5-6-17-9-14-10-18-16(19-14)15-8-12(3)11(2)7-13(15)4/h7-8,10,17H,5-6,9H2,1-4H3. The minimum atomic E-state index is 0.926. The zero-order valence-corrected chi connectivity index (χ0v) is 13.0. The van der Waals surface area contributed by atoms with Gasteiger partial charge in [0.15, 0.2) is 0 Å². The van der Waals surface area contributed by atoms with Crippen LogP contribution in [0.4, 0.5) is 0 Å². The predicted molar refractivity (Wildman–Crippen MR) is 83.8 cm³/mol. The second-order valence-corrected chi connectivity index (χ2v) is 6.18. The minimum absolute atomic E-state index is 0.926. The summed E-state index contributed by atoms with van der Waals surface area (Å²) >= 11 is 1.79. The van der Waals surface area contributed by atoms with E-state index < -0.39 is 0 Å². The summed E-state index contributed by atoms with van der Waals surface area (Å²) in [6.07, 6.45) is 3.17. The van der Waals surface area contributed by atoms with Crippen molar-refractivity contribution in [2.45, 2.75) is 40.7 Å². The number of nitrogens with zero attached hydrogens (tertiary/aromatic N) is 1. The van der Waals surface area contributed by atoms with Crippen molar-refractivity contribution < 1.29 is 0 Å². The molecule has 19 heavy (non-hydrogen) atoms. The summed E-state index contributed by atoms with van der Waals surface area (Å²) in [7, 11) is 0. The highest BCUT2D eigenvalue weighted by molar-refractivity contribution is 7.15. The minimum Gasteiger partial charge on any atom is -0.312 e. The normalized spacial score (nSPS) is 10.9. The smallest absolute Gasteiger partial charge is 0.123 e. The van der Waals surface area contributed by atoms with Crippen LogP contribution in [-0.4, -0.2) is 11.5 Å². The van der Waals surface area contributed by atoms with Gasteiger partial charge in [-0.05, 0) is 56.5 Å². The molecule has 1 aromatic heterocycles. The lowest BCUT2D eigenvalue weighted by molar-refractivity contribution is 0.681.